The molecule has 0 aliphatic carbocycles. The normalized spacial score (nSPS) is 10.1. The standard InChI is InChI=1S/C15H15BrN2O2/c1-20-14-7-12(16)6-13(8-14)18-9-10-3-2-4-11(5-10)15(17)19/h2-8,18H,9H2,1H3,(H2,17,19). The number of halogens is 1. The van der Waals surface area contributed by atoms with Gasteiger partial charge in [0.05, 0.1) is 7.11 Å². The Hall–Kier alpha value is -2.01. The molecule has 0 radical (unpaired) electrons. The van der Waals surface area contributed by atoms with Crippen molar-refractivity contribution in [1.82, 2.24) is 0 Å². The lowest BCUT2D eigenvalue weighted by molar-refractivity contribution is 0.1000. The van der Waals surface area contributed by atoms with Gasteiger partial charge in [-0.25, -0.2) is 0 Å². The Morgan fingerprint density at radius 1 is 1.30 bits per heavy atom. The summed E-state index contributed by atoms with van der Waals surface area (Å²) in [6, 6.07) is 13.0. The maximum absolute atomic E-state index is 11.1. The summed E-state index contributed by atoms with van der Waals surface area (Å²) in [6.07, 6.45) is 0. The van der Waals surface area contributed by atoms with Crippen LogP contribution in [0.2, 0.25) is 0 Å². The molecule has 0 atom stereocenters. The molecule has 0 bridgehead atoms. The van der Waals surface area contributed by atoms with Crippen LogP contribution in [-0.2, 0) is 6.54 Å². The number of methoxy groups -OCH3 is 1. The van der Waals surface area contributed by atoms with Gasteiger partial charge in [0.2, 0.25) is 5.91 Å². The number of nitrogens with two attached hydrogens (primary N) is 1. The lowest BCUT2D eigenvalue weighted by Gasteiger charge is -2.10. The average Bonchev–Trinajstić information content (AvgIpc) is 2.44. The largest absolute Gasteiger partial charge is 0.497 e. The number of ether oxygens (including phenoxy) is 1. The molecule has 0 unspecified atom stereocenters. The third-order valence-electron chi connectivity index (χ3n) is 2.82. The number of hydrogen-bond donors (Lipinski definition) is 2. The number of rotatable bonds is 5. The van der Waals surface area contributed by atoms with Crippen LogP contribution in [0.25, 0.3) is 0 Å². The maximum atomic E-state index is 11.1. The van der Waals surface area contributed by atoms with Crippen LogP contribution in [0.15, 0.2) is 46.9 Å². The third-order valence-corrected chi connectivity index (χ3v) is 3.27. The molecule has 0 saturated heterocycles. The van der Waals surface area contributed by atoms with Crippen LogP contribution in [0.3, 0.4) is 0 Å². The fraction of sp³-hybridized carbons (Fsp3) is 0.133. The van der Waals surface area contributed by atoms with Gasteiger partial charge in [0.25, 0.3) is 0 Å². The van der Waals surface area contributed by atoms with Crippen molar-refractivity contribution in [3.63, 3.8) is 0 Å². The zero-order valence-corrected chi connectivity index (χ0v) is 12.6. The van der Waals surface area contributed by atoms with E-state index in [0.29, 0.717) is 12.1 Å². The summed E-state index contributed by atoms with van der Waals surface area (Å²) < 4.78 is 6.14. The summed E-state index contributed by atoms with van der Waals surface area (Å²) in [5, 5.41) is 3.28. The minimum Gasteiger partial charge on any atom is -0.497 e. The van der Waals surface area contributed by atoms with Gasteiger partial charge in [-0.2, -0.15) is 0 Å². The second kappa shape index (κ2) is 6.43. The zero-order valence-electron chi connectivity index (χ0n) is 11.0. The summed E-state index contributed by atoms with van der Waals surface area (Å²) in [6.45, 7) is 0.598. The van der Waals surface area contributed by atoms with Crippen LogP contribution in [0.1, 0.15) is 15.9 Å². The van der Waals surface area contributed by atoms with Crippen molar-refractivity contribution in [3.8, 4) is 5.75 Å². The Bertz CT molecular complexity index is 629. The number of benzene rings is 2. The van der Waals surface area contributed by atoms with Gasteiger partial charge in [0.1, 0.15) is 5.75 Å². The fourth-order valence-corrected chi connectivity index (χ4v) is 2.29. The molecule has 4 nitrogen and oxygen atoms in total. The van der Waals surface area contributed by atoms with E-state index in [1.54, 1.807) is 19.2 Å². The molecule has 0 spiro atoms. The van der Waals surface area contributed by atoms with Crippen molar-refractivity contribution < 1.29 is 9.53 Å². The Labute approximate surface area is 126 Å². The highest BCUT2D eigenvalue weighted by atomic mass is 79.9. The Kier molecular flexibility index (Phi) is 4.63. The van der Waals surface area contributed by atoms with Crippen LogP contribution in [0, 0.1) is 0 Å². The van der Waals surface area contributed by atoms with E-state index in [1.165, 1.54) is 0 Å². The van der Waals surface area contributed by atoms with Crippen molar-refractivity contribution in [2.24, 2.45) is 5.73 Å². The van der Waals surface area contributed by atoms with E-state index < -0.39 is 5.91 Å². The number of anilines is 1. The fourth-order valence-electron chi connectivity index (χ4n) is 1.82. The van der Waals surface area contributed by atoms with E-state index >= 15 is 0 Å². The van der Waals surface area contributed by atoms with Crippen molar-refractivity contribution in [2.75, 3.05) is 12.4 Å². The first-order valence-electron chi connectivity index (χ1n) is 6.05. The lowest BCUT2D eigenvalue weighted by atomic mass is 10.1. The van der Waals surface area contributed by atoms with E-state index in [-0.39, 0.29) is 0 Å². The molecule has 104 valence electrons. The third kappa shape index (κ3) is 3.74. The number of amides is 1. The van der Waals surface area contributed by atoms with Crippen molar-refractivity contribution in [1.29, 1.82) is 0 Å². The van der Waals surface area contributed by atoms with Gasteiger partial charge in [-0.15, -0.1) is 0 Å². The van der Waals surface area contributed by atoms with Crippen LogP contribution in [0.5, 0.6) is 5.75 Å². The Morgan fingerprint density at radius 3 is 2.80 bits per heavy atom. The average molecular weight is 335 g/mol. The molecule has 1 amide bonds. The molecule has 2 rings (SSSR count). The first-order chi connectivity index (χ1) is 9.58. The highest BCUT2D eigenvalue weighted by molar-refractivity contribution is 9.10. The molecular formula is C15H15BrN2O2. The van der Waals surface area contributed by atoms with E-state index in [2.05, 4.69) is 21.2 Å². The summed E-state index contributed by atoms with van der Waals surface area (Å²) in [5.41, 5.74) is 7.69. The SMILES string of the molecule is COc1cc(Br)cc(NCc2cccc(C(N)=O)c2)c1. The predicted molar refractivity (Wildman–Crippen MR) is 83.0 cm³/mol. The van der Waals surface area contributed by atoms with Gasteiger partial charge >= 0.3 is 0 Å². The minimum atomic E-state index is -0.420. The number of carbonyl (C=O) groups is 1. The summed E-state index contributed by atoms with van der Waals surface area (Å²) in [4.78, 5) is 11.1. The van der Waals surface area contributed by atoms with Gasteiger partial charge < -0.3 is 15.8 Å². The quantitative estimate of drug-likeness (QED) is 0.882. The molecule has 0 saturated carbocycles. The molecule has 0 heterocycles. The maximum Gasteiger partial charge on any atom is 0.248 e. The Balaban J connectivity index is 2.10. The van der Waals surface area contributed by atoms with Crippen molar-refractivity contribution >= 4 is 27.5 Å². The molecule has 2 aromatic rings. The highest BCUT2D eigenvalue weighted by Crippen LogP contribution is 2.24. The number of hydrogen-bond acceptors (Lipinski definition) is 3. The molecule has 0 fully saturated rings. The summed E-state index contributed by atoms with van der Waals surface area (Å²) >= 11 is 3.43. The number of carbonyl (C=O) groups excluding carboxylic acids is 1. The number of nitrogens with one attached hydrogen (secondary N) is 1. The molecule has 20 heavy (non-hydrogen) atoms. The molecule has 0 aromatic heterocycles. The van der Waals surface area contributed by atoms with Crippen molar-refractivity contribution in [3.05, 3.63) is 58.1 Å². The predicted octanol–water partition coefficient (Wildman–Crippen LogP) is 3.17. The second-order valence-corrected chi connectivity index (χ2v) is 5.21. The first-order valence-corrected chi connectivity index (χ1v) is 6.85. The Morgan fingerprint density at radius 2 is 2.10 bits per heavy atom. The minimum absolute atomic E-state index is 0.420. The topological polar surface area (TPSA) is 64.3 Å². The van der Waals surface area contributed by atoms with E-state index in [4.69, 9.17) is 10.5 Å². The van der Waals surface area contributed by atoms with Crippen molar-refractivity contribution in [2.45, 2.75) is 6.54 Å². The van der Waals surface area contributed by atoms with Crippen LogP contribution < -0.4 is 15.8 Å². The number of primary amides is 1. The monoisotopic (exact) mass is 334 g/mol. The van der Waals surface area contributed by atoms with Crippen LogP contribution in [0.4, 0.5) is 5.69 Å². The summed E-state index contributed by atoms with van der Waals surface area (Å²) in [7, 11) is 1.63. The van der Waals surface area contributed by atoms with Gasteiger partial charge in [0.15, 0.2) is 0 Å². The van der Waals surface area contributed by atoms with E-state index in [1.807, 2.05) is 30.3 Å². The van der Waals surface area contributed by atoms with E-state index in [9.17, 15) is 4.79 Å². The molecule has 2 aromatic carbocycles. The molecule has 3 N–H and O–H groups in total. The highest BCUT2D eigenvalue weighted by Gasteiger charge is 2.03. The molecule has 5 heteroatoms. The van der Waals surface area contributed by atoms with Gasteiger partial charge in [-0.05, 0) is 29.8 Å². The van der Waals surface area contributed by atoms with Crippen LogP contribution in [-0.4, -0.2) is 13.0 Å². The van der Waals surface area contributed by atoms with E-state index in [0.717, 1.165) is 21.5 Å². The molecular weight excluding hydrogens is 320 g/mol. The molecule has 0 aliphatic heterocycles. The zero-order chi connectivity index (χ0) is 14.5. The second-order valence-electron chi connectivity index (χ2n) is 4.30. The smallest absolute Gasteiger partial charge is 0.248 e. The van der Waals surface area contributed by atoms with Gasteiger partial charge in [0, 0.05) is 28.3 Å². The summed E-state index contributed by atoms with van der Waals surface area (Å²) in [5.74, 6) is 0.351. The molecule has 0 aliphatic rings. The lowest BCUT2D eigenvalue weighted by Crippen LogP contribution is -2.11. The van der Waals surface area contributed by atoms with Gasteiger partial charge in [-0.3, -0.25) is 4.79 Å². The van der Waals surface area contributed by atoms with Gasteiger partial charge in [-0.1, -0.05) is 28.1 Å². The first kappa shape index (κ1) is 14.4. The van der Waals surface area contributed by atoms with Crippen LogP contribution >= 0.6 is 15.9 Å².